The lowest BCUT2D eigenvalue weighted by molar-refractivity contribution is -0.138. The zero-order valence-corrected chi connectivity index (χ0v) is 33.3. The zero-order chi connectivity index (χ0) is 41.5. The van der Waals surface area contributed by atoms with Crippen LogP contribution in [0.15, 0.2) is 60.7 Å². The molecule has 2 fully saturated rings. The maximum atomic E-state index is 15.1. The van der Waals surface area contributed by atoms with Gasteiger partial charge in [0.1, 0.15) is 35.1 Å². The van der Waals surface area contributed by atoms with Crippen molar-refractivity contribution in [3.8, 4) is 22.3 Å². The van der Waals surface area contributed by atoms with Gasteiger partial charge in [-0.25, -0.2) is 28.3 Å². The monoisotopic (exact) mass is 798 g/mol. The number of hydrogen-bond donors (Lipinski definition) is 4. The average molecular weight is 799 g/mol. The van der Waals surface area contributed by atoms with Gasteiger partial charge < -0.3 is 39.9 Å². The third-order valence-electron chi connectivity index (χ3n) is 11.0. The number of amides is 4. The Morgan fingerprint density at radius 1 is 0.655 bits per heavy atom. The lowest BCUT2D eigenvalue weighted by atomic mass is 9.99. The highest BCUT2D eigenvalue weighted by Crippen LogP contribution is 2.36. The number of nitrogens with zero attached hydrogens (tertiary/aromatic N) is 4. The van der Waals surface area contributed by atoms with E-state index in [9.17, 15) is 19.2 Å². The number of fused-ring (bicyclic) bond motifs is 2. The van der Waals surface area contributed by atoms with E-state index in [4.69, 9.17) is 9.97 Å². The lowest BCUT2D eigenvalue weighted by Crippen LogP contribution is -2.56. The molecule has 0 spiro atoms. The van der Waals surface area contributed by atoms with Crippen LogP contribution in [0.1, 0.15) is 77.1 Å². The minimum absolute atomic E-state index is 0.403. The van der Waals surface area contributed by atoms with Crippen LogP contribution in [0, 0.1) is 0 Å². The molecule has 3 aromatic carbocycles. The van der Waals surface area contributed by atoms with Crippen molar-refractivity contribution in [2.45, 2.75) is 88.9 Å². The Morgan fingerprint density at radius 2 is 1.02 bits per heavy atom. The molecule has 0 bridgehead atoms. The van der Waals surface area contributed by atoms with Gasteiger partial charge in [0.25, 0.3) is 0 Å². The van der Waals surface area contributed by atoms with Crippen LogP contribution in [0.5, 0.6) is 0 Å². The van der Waals surface area contributed by atoms with Crippen LogP contribution in [-0.4, -0.2) is 104 Å². The number of carbonyl (C=O) groups is 4. The molecule has 4 N–H and O–H groups in total. The first kappa shape index (κ1) is 40.1. The van der Waals surface area contributed by atoms with Gasteiger partial charge >= 0.3 is 12.2 Å². The number of rotatable bonds is 10. The number of alkyl halides is 2. The van der Waals surface area contributed by atoms with Crippen molar-refractivity contribution >= 4 is 46.1 Å². The number of ether oxygens (including phenoxy) is 2. The fourth-order valence-corrected chi connectivity index (χ4v) is 7.95. The molecule has 4 amide bonds. The van der Waals surface area contributed by atoms with Crippen LogP contribution in [-0.2, 0) is 19.1 Å². The van der Waals surface area contributed by atoms with E-state index in [1.54, 1.807) is 9.80 Å². The van der Waals surface area contributed by atoms with Gasteiger partial charge in [-0.15, -0.1) is 0 Å². The first-order chi connectivity index (χ1) is 27.5. The Morgan fingerprint density at radius 3 is 1.36 bits per heavy atom. The molecule has 2 aliphatic rings. The second-order valence-electron chi connectivity index (χ2n) is 15.9. The number of aromatic amines is 2. The van der Waals surface area contributed by atoms with E-state index >= 15 is 8.78 Å². The van der Waals surface area contributed by atoms with Crippen molar-refractivity contribution in [1.29, 1.82) is 0 Å². The number of benzene rings is 3. The lowest BCUT2D eigenvalue weighted by Gasteiger charge is -2.32. The summed E-state index contributed by atoms with van der Waals surface area (Å²) >= 11 is 0. The van der Waals surface area contributed by atoms with Crippen LogP contribution in [0.2, 0.25) is 0 Å². The number of likely N-dealkylation sites (tertiary alicyclic amines) is 2. The molecule has 0 aliphatic carbocycles. The molecule has 4 atom stereocenters. The number of nitrogens with one attached hydrogen (secondary N) is 4. The van der Waals surface area contributed by atoms with Crippen molar-refractivity contribution in [2.75, 3.05) is 27.3 Å². The Balaban J connectivity index is 1.07. The summed E-state index contributed by atoms with van der Waals surface area (Å²) in [6.07, 6.45) is 0.916. The molecule has 2 aliphatic heterocycles. The minimum atomic E-state index is -2.03. The number of alkyl carbamates (subject to hydrolysis) is 2. The first-order valence-electron chi connectivity index (χ1n) is 19.3. The fourth-order valence-electron chi connectivity index (χ4n) is 7.95. The molecule has 2 saturated heterocycles. The van der Waals surface area contributed by atoms with Crippen LogP contribution in [0.25, 0.3) is 44.3 Å². The Hall–Kier alpha value is -6.06. The molecule has 14 nitrogen and oxygen atoms in total. The Bertz CT molecular complexity index is 2180. The molecular formula is C42H48F2N8O6. The van der Waals surface area contributed by atoms with E-state index in [2.05, 4.69) is 30.1 Å². The molecule has 7 rings (SSSR count). The van der Waals surface area contributed by atoms with Crippen LogP contribution in [0.4, 0.5) is 18.4 Å². The Kier molecular flexibility index (Phi) is 10.9. The summed E-state index contributed by atoms with van der Waals surface area (Å²) in [5.74, 6) is 0.109. The maximum Gasteiger partial charge on any atom is 0.407 e. The van der Waals surface area contributed by atoms with Crippen molar-refractivity contribution in [3.63, 3.8) is 0 Å². The summed E-state index contributed by atoms with van der Waals surface area (Å²) < 4.78 is 39.6. The molecule has 2 unspecified atom stereocenters. The molecule has 0 radical (unpaired) electrons. The molecular weight excluding hydrogens is 751 g/mol. The second kappa shape index (κ2) is 15.7. The summed E-state index contributed by atoms with van der Waals surface area (Å²) in [5.41, 5.74) is 2.81. The molecule has 58 heavy (non-hydrogen) atoms. The van der Waals surface area contributed by atoms with Crippen LogP contribution in [0.3, 0.4) is 0 Å². The highest BCUT2D eigenvalue weighted by molar-refractivity contribution is 5.89. The minimum Gasteiger partial charge on any atom is -0.453 e. The van der Waals surface area contributed by atoms with Gasteiger partial charge in [-0.2, -0.15) is 0 Å². The number of aromatic nitrogens is 4. The predicted molar refractivity (Wildman–Crippen MR) is 213 cm³/mol. The van der Waals surface area contributed by atoms with Gasteiger partial charge in [-0.3, -0.25) is 9.59 Å². The number of methoxy groups -OCH3 is 2. The first-order valence-corrected chi connectivity index (χ1v) is 19.3. The summed E-state index contributed by atoms with van der Waals surface area (Å²) in [6, 6.07) is 16.3. The predicted octanol–water partition coefficient (Wildman–Crippen LogP) is 7.05. The van der Waals surface area contributed by atoms with Gasteiger partial charge in [0.05, 0.1) is 48.4 Å². The SMILES string of the molecule is COC(=O)NC(C(=O)N1CCC[C@H]1c1nc2cc(-c3ccc(-c4ccc5[nH]c([C@@H]6CCCN6C(=O)C(NC(=O)OC)C(C)(C)F)nc5c4)cc3)ccc2[nH]1)C(C)(C)F. The topological polar surface area (TPSA) is 175 Å². The van der Waals surface area contributed by atoms with E-state index in [-0.39, 0.29) is 0 Å². The van der Waals surface area contributed by atoms with Crippen molar-refractivity contribution in [3.05, 3.63) is 72.3 Å². The normalized spacial score (nSPS) is 18.3. The maximum absolute atomic E-state index is 15.1. The summed E-state index contributed by atoms with van der Waals surface area (Å²) in [6.45, 7) is 5.80. The molecule has 0 saturated carbocycles. The van der Waals surface area contributed by atoms with Gasteiger partial charge in [0, 0.05) is 13.1 Å². The number of imidazole rings is 2. The van der Waals surface area contributed by atoms with E-state index in [0.717, 1.165) is 58.5 Å². The summed E-state index contributed by atoms with van der Waals surface area (Å²) in [4.78, 5) is 70.6. The zero-order valence-electron chi connectivity index (χ0n) is 33.3. The van der Waals surface area contributed by atoms with Gasteiger partial charge in [-0.05, 0) is 99.9 Å². The molecule has 16 heteroatoms. The molecule has 2 aromatic heterocycles. The number of H-pyrrole nitrogens is 2. The number of hydrogen-bond acceptors (Lipinski definition) is 8. The molecule has 5 aromatic rings. The van der Waals surface area contributed by atoms with Gasteiger partial charge in [0.15, 0.2) is 0 Å². The van der Waals surface area contributed by atoms with Gasteiger partial charge in [-0.1, -0.05) is 36.4 Å². The summed E-state index contributed by atoms with van der Waals surface area (Å²) in [7, 11) is 2.33. The van der Waals surface area contributed by atoms with Crippen molar-refractivity contribution < 1.29 is 37.4 Å². The van der Waals surface area contributed by atoms with Crippen molar-refractivity contribution in [1.82, 2.24) is 40.4 Å². The molecule has 306 valence electrons. The number of halogens is 2. The Labute approximate surface area is 334 Å². The fraction of sp³-hybridized carbons (Fsp3) is 0.429. The van der Waals surface area contributed by atoms with Crippen LogP contribution < -0.4 is 10.6 Å². The van der Waals surface area contributed by atoms with Gasteiger partial charge in [0.2, 0.25) is 11.8 Å². The summed E-state index contributed by atoms with van der Waals surface area (Å²) in [5, 5.41) is 4.72. The standard InChI is InChI=1S/C42H48F2N8O6/c1-41(2,43)33(49-39(55)57-5)37(53)51-19-7-9-31(51)35-45-27-17-15-25(21-29(27)47-35)23-11-13-24(14-12-23)26-16-18-28-30(22-26)48-36(46-28)32-10-8-20-52(32)38(54)34(42(3,4)44)50-40(56)58-6/h11-18,21-22,31-34H,7-10,19-20H2,1-6H3,(H,45,47)(H,46,48)(H,49,55)(H,50,56)/t31-,32-,33?,34?/m0/s1. The quantitative estimate of drug-likeness (QED) is 0.116. The highest BCUT2D eigenvalue weighted by Gasteiger charge is 2.45. The largest absolute Gasteiger partial charge is 0.453 e. The van der Waals surface area contributed by atoms with E-state index in [1.165, 1.54) is 27.7 Å². The third kappa shape index (κ3) is 8.04. The van der Waals surface area contributed by atoms with Crippen molar-refractivity contribution in [2.24, 2.45) is 0 Å². The average Bonchev–Trinajstić information content (AvgIpc) is 4.02. The van der Waals surface area contributed by atoms with E-state index in [0.29, 0.717) is 50.4 Å². The second-order valence-corrected chi connectivity index (χ2v) is 15.9. The van der Waals surface area contributed by atoms with E-state index < -0.39 is 59.5 Å². The number of carbonyl (C=O) groups excluding carboxylic acids is 4. The smallest absolute Gasteiger partial charge is 0.407 e. The molecule has 4 heterocycles. The highest BCUT2D eigenvalue weighted by atomic mass is 19.1. The van der Waals surface area contributed by atoms with E-state index in [1.807, 2.05) is 60.7 Å². The van der Waals surface area contributed by atoms with Crippen LogP contribution >= 0.6 is 0 Å². The third-order valence-corrected chi connectivity index (χ3v) is 11.0.